The summed E-state index contributed by atoms with van der Waals surface area (Å²) in [5.74, 6) is 1.60. The molecule has 0 bridgehead atoms. The first kappa shape index (κ1) is 21.7. The molecule has 0 amide bonds. The Balaban J connectivity index is 2.25. The standard InChI is InChI=1S/C23H33O3P/c1-16-10-12-21(19(14-16)23(6,7)8)26-27(24-9)25-20-13-11-18(15-17(20)2)22(3,4)5/h10-15H,1-9H3. The van der Waals surface area contributed by atoms with Gasteiger partial charge in [-0.2, -0.15) is 0 Å². The minimum absolute atomic E-state index is 0.0274. The minimum Gasteiger partial charge on any atom is -0.417 e. The van der Waals surface area contributed by atoms with Crippen molar-refractivity contribution >= 4 is 8.60 Å². The van der Waals surface area contributed by atoms with Crippen molar-refractivity contribution in [3.63, 3.8) is 0 Å². The van der Waals surface area contributed by atoms with Crippen molar-refractivity contribution in [1.82, 2.24) is 0 Å². The van der Waals surface area contributed by atoms with Crippen molar-refractivity contribution in [2.45, 2.75) is 66.2 Å². The lowest BCUT2D eigenvalue weighted by Crippen LogP contribution is -2.13. The molecule has 2 aromatic rings. The molecule has 4 heteroatoms. The molecule has 0 N–H and O–H groups in total. The van der Waals surface area contributed by atoms with Crippen LogP contribution >= 0.6 is 8.60 Å². The van der Waals surface area contributed by atoms with Crippen molar-refractivity contribution in [3.05, 3.63) is 58.7 Å². The molecule has 0 heterocycles. The lowest BCUT2D eigenvalue weighted by Gasteiger charge is -2.25. The molecular weight excluding hydrogens is 355 g/mol. The Morgan fingerprint density at radius 3 is 1.85 bits per heavy atom. The molecule has 0 aliphatic rings. The van der Waals surface area contributed by atoms with Crippen molar-refractivity contribution < 1.29 is 13.6 Å². The Morgan fingerprint density at radius 2 is 1.33 bits per heavy atom. The second-order valence-electron chi connectivity index (χ2n) is 9.07. The Labute approximate surface area is 166 Å². The third-order valence-corrected chi connectivity index (χ3v) is 5.47. The zero-order chi connectivity index (χ0) is 20.4. The number of hydrogen-bond donors (Lipinski definition) is 0. The van der Waals surface area contributed by atoms with Gasteiger partial charge in [0, 0.05) is 12.7 Å². The maximum Gasteiger partial charge on any atom is 0.462 e. The van der Waals surface area contributed by atoms with Gasteiger partial charge in [-0.05, 0) is 47.9 Å². The second kappa shape index (κ2) is 8.20. The van der Waals surface area contributed by atoms with Crippen molar-refractivity contribution in [2.75, 3.05) is 7.11 Å². The highest BCUT2D eigenvalue weighted by Gasteiger charge is 2.24. The van der Waals surface area contributed by atoms with E-state index in [1.54, 1.807) is 7.11 Å². The van der Waals surface area contributed by atoms with Gasteiger partial charge >= 0.3 is 8.60 Å². The fourth-order valence-electron chi connectivity index (χ4n) is 2.78. The number of aryl methyl sites for hydroxylation is 2. The van der Waals surface area contributed by atoms with Crippen molar-refractivity contribution in [1.29, 1.82) is 0 Å². The largest absolute Gasteiger partial charge is 0.462 e. The smallest absolute Gasteiger partial charge is 0.417 e. The second-order valence-corrected chi connectivity index (χ2v) is 10.2. The van der Waals surface area contributed by atoms with Crippen LogP contribution in [0, 0.1) is 13.8 Å². The number of rotatable bonds is 5. The van der Waals surface area contributed by atoms with E-state index in [0.29, 0.717) is 0 Å². The highest BCUT2D eigenvalue weighted by atomic mass is 31.2. The van der Waals surface area contributed by atoms with Crippen LogP contribution < -0.4 is 9.05 Å². The van der Waals surface area contributed by atoms with Gasteiger partial charge in [-0.1, -0.05) is 71.4 Å². The summed E-state index contributed by atoms with van der Waals surface area (Å²) in [6, 6.07) is 12.5. The average molecular weight is 388 g/mol. The van der Waals surface area contributed by atoms with E-state index in [4.69, 9.17) is 13.6 Å². The van der Waals surface area contributed by atoms with Crippen molar-refractivity contribution in [2.24, 2.45) is 0 Å². The molecule has 1 unspecified atom stereocenters. The molecule has 0 saturated carbocycles. The van der Waals surface area contributed by atoms with E-state index in [2.05, 4.69) is 79.7 Å². The van der Waals surface area contributed by atoms with Gasteiger partial charge in [-0.25, -0.2) is 0 Å². The van der Waals surface area contributed by atoms with E-state index >= 15 is 0 Å². The molecule has 0 aliphatic carbocycles. The Kier molecular flexibility index (Phi) is 6.60. The van der Waals surface area contributed by atoms with Gasteiger partial charge in [-0.15, -0.1) is 0 Å². The Morgan fingerprint density at radius 1 is 0.741 bits per heavy atom. The van der Waals surface area contributed by atoms with Crippen LogP contribution in [0.3, 0.4) is 0 Å². The topological polar surface area (TPSA) is 27.7 Å². The zero-order valence-corrected chi connectivity index (χ0v) is 19.0. The molecule has 0 aliphatic heterocycles. The van der Waals surface area contributed by atoms with Gasteiger partial charge < -0.3 is 9.05 Å². The lowest BCUT2D eigenvalue weighted by atomic mass is 9.85. The van der Waals surface area contributed by atoms with Crippen LogP contribution in [-0.4, -0.2) is 7.11 Å². The summed E-state index contributed by atoms with van der Waals surface area (Å²) >= 11 is 0. The van der Waals surface area contributed by atoms with Crippen LogP contribution in [0.15, 0.2) is 36.4 Å². The summed E-state index contributed by atoms with van der Waals surface area (Å²) in [5.41, 5.74) is 4.80. The van der Waals surface area contributed by atoms with Gasteiger partial charge in [0.1, 0.15) is 11.5 Å². The quantitative estimate of drug-likeness (QED) is 0.506. The van der Waals surface area contributed by atoms with E-state index in [0.717, 1.165) is 22.6 Å². The summed E-state index contributed by atoms with van der Waals surface area (Å²) in [4.78, 5) is 0. The number of hydrogen-bond acceptors (Lipinski definition) is 3. The van der Waals surface area contributed by atoms with Gasteiger partial charge in [-0.3, -0.25) is 4.52 Å². The van der Waals surface area contributed by atoms with Crippen LogP contribution in [-0.2, 0) is 15.4 Å². The monoisotopic (exact) mass is 388 g/mol. The van der Waals surface area contributed by atoms with Crippen LogP contribution in [0.25, 0.3) is 0 Å². The molecule has 0 aromatic heterocycles. The minimum atomic E-state index is -1.54. The summed E-state index contributed by atoms with van der Waals surface area (Å²) in [6.45, 7) is 17.3. The van der Waals surface area contributed by atoms with Crippen LogP contribution in [0.1, 0.15) is 63.8 Å². The molecule has 0 saturated heterocycles. The molecule has 27 heavy (non-hydrogen) atoms. The first-order chi connectivity index (χ1) is 12.4. The van der Waals surface area contributed by atoms with Gasteiger partial charge in [0.2, 0.25) is 0 Å². The van der Waals surface area contributed by atoms with Crippen LogP contribution in [0.4, 0.5) is 0 Å². The fraction of sp³-hybridized carbons (Fsp3) is 0.478. The maximum atomic E-state index is 6.15. The van der Waals surface area contributed by atoms with Crippen LogP contribution in [0.5, 0.6) is 11.5 Å². The molecule has 2 rings (SSSR count). The first-order valence-electron chi connectivity index (χ1n) is 9.34. The summed E-state index contributed by atoms with van der Waals surface area (Å²) in [6.07, 6.45) is 0. The molecule has 2 aromatic carbocycles. The first-order valence-corrected chi connectivity index (χ1v) is 10.4. The molecule has 3 nitrogen and oxygen atoms in total. The summed E-state index contributed by atoms with van der Waals surface area (Å²) in [7, 11) is 0.0826. The Hall–Kier alpha value is -1.57. The predicted octanol–water partition coefficient (Wildman–Crippen LogP) is 7.23. The maximum absolute atomic E-state index is 6.15. The zero-order valence-electron chi connectivity index (χ0n) is 18.1. The van der Waals surface area contributed by atoms with Crippen molar-refractivity contribution in [3.8, 4) is 11.5 Å². The normalized spacial score (nSPS) is 13.4. The third-order valence-electron chi connectivity index (χ3n) is 4.48. The SMILES string of the molecule is COP(Oc1ccc(C(C)(C)C)cc1C)Oc1ccc(C)cc1C(C)(C)C. The molecule has 0 spiro atoms. The van der Waals surface area contributed by atoms with E-state index in [-0.39, 0.29) is 10.8 Å². The van der Waals surface area contributed by atoms with Gasteiger partial charge in [0.05, 0.1) is 0 Å². The molecule has 1 atom stereocenters. The molecule has 0 radical (unpaired) electrons. The average Bonchev–Trinajstić information content (AvgIpc) is 2.55. The van der Waals surface area contributed by atoms with Gasteiger partial charge in [0.15, 0.2) is 0 Å². The molecule has 0 fully saturated rings. The fourth-order valence-corrected chi connectivity index (χ4v) is 3.65. The Bertz CT molecular complexity index is 785. The molecule has 148 valence electrons. The van der Waals surface area contributed by atoms with E-state index in [1.807, 2.05) is 12.1 Å². The predicted molar refractivity (Wildman–Crippen MR) is 115 cm³/mol. The highest BCUT2D eigenvalue weighted by Crippen LogP contribution is 2.45. The van der Waals surface area contributed by atoms with E-state index in [9.17, 15) is 0 Å². The van der Waals surface area contributed by atoms with E-state index < -0.39 is 8.60 Å². The van der Waals surface area contributed by atoms with Crippen LogP contribution in [0.2, 0.25) is 0 Å². The summed E-state index contributed by atoms with van der Waals surface area (Å²) < 4.78 is 17.8. The lowest BCUT2D eigenvalue weighted by molar-refractivity contribution is 0.319. The number of benzene rings is 2. The molecular formula is C23H33O3P. The van der Waals surface area contributed by atoms with E-state index in [1.165, 1.54) is 11.1 Å². The summed E-state index contributed by atoms with van der Waals surface area (Å²) in [5, 5.41) is 0. The van der Waals surface area contributed by atoms with Gasteiger partial charge in [0.25, 0.3) is 0 Å². The third kappa shape index (κ3) is 5.70. The highest BCUT2D eigenvalue weighted by molar-refractivity contribution is 7.42.